The number of ether oxygens (including phenoxy) is 1. The second kappa shape index (κ2) is 10.8. The molecule has 3 aromatic rings. The van der Waals surface area contributed by atoms with Crippen LogP contribution < -0.4 is 10.3 Å². The lowest BCUT2D eigenvalue weighted by atomic mass is 9.98. The Hall–Kier alpha value is -2.59. The van der Waals surface area contributed by atoms with Crippen LogP contribution in [0.2, 0.25) is 0 Å². The summed E-state index contributed by atoms with van der Waals surface area (Å²) in [4.78, 5) is 29.2. The van der Waals surface area contributed by atoms with Crippen molar-refractivity contribution in [1.82, 2.24) is 9.66 Å². The molecule has 34 heavy (non-hydrogen) atoms. The fourth-order valence-corrected chi connectivity index (χ4v) is 4.03. The minimum Gasteiger partial charge on any atom is -0.486 e. The summed E-state index contributed by atoms with van der Waals surface area (Å²) in [5.74, 6) is 0.631. The quantitative estimate of drug-likeness (QED) is 0.169. The van der Waals surface area contributed by atoms with Crippen LogP contribution in [0.3, 0.4) is 0 Å². The molecule has 0 atom stereocenters. The smallest absolute Gasteiger partial charge is 0.312 e. The van der Waals surface area contributed by atoms with Gasteiger partial charge in [0, 0.05) is 27.0 Å². The Labute approximate surface area is 214 Å². The van der Waals surface area contributed by atoms with Crippen molar-refractivity contribution in [2.45, 2.75) is 47.0 Å². The number of nitro benzene ring substituents is 1. The first-order valence-electron chi connectivity index (χ1n) is 10.9. The molecule has 8 nitrogen and oxygen atoms in total. The summed E-state index contributed by atoms with van der Waals surface area (Å²) in [5, 5.41) is 16.6. The molecule has 10 heteroatoms. The number of hydrogen-bond acceptors (Lipinski definition) is 6. The Kier molecular flexibility index (Phi) is 8.25. The first-order valence-corrected chi connectivity index (χ1v) is 12.4. The monoisotopic (exact) mass is 592 g/mol. The van der Waals surface area contributed by atoms with Crippen LogP contribution in [0.25, 0.3) is 10.9 Å². The molecule has 0 saturated heterocycles. The normalized spacial score (nSPS) is 11.9. The van der Waals surface area contributed by atoms with Crippen molar-refractivity contribution in [1.29, 1.82) is 0 Å². The zero-order valence-corrected chi connectivity index (χ0v) is 22.6. The van der Waals surface area contributed by atoms with Gasteiger partial charge in [-0.1, -0.05) is 66.0 Å². The van der Waals surface area contributed by atoms with Crippen LogP contribution in [-0.2, 0) is 6.42 Å². The van der Waals surface area contributed by atoms with Crippen LogP contribution in [0.4, 0.5) is 5.69 Å². The highest BCUT2D eigenvalue weighted by Gasteiger charge is 2.23. The van der Waals surface area contributed by atoms with Crippen molar-refractivity contribution in [3.05, 3.63) is 71.1 Å². The molecule has 0 bridgehead atoms. The third-order valence-electron chi connectivity index (χ3n) is 4.85. The Bertz CT molecular complexity index is 1310. The van der Waals surface area contributed by atoms with Crippen molar-refractivity contribution in [3.63, 3.8) is 0 Å². The highest BCUT2D eigenvalue weighted by atomic mass is 79.9. The summed E-state index contributed by atoms with van der Waals surface area (Å²) in [5.41, 5.74) is 0.274. The molecule has 0 amide bonds. The molecule has 0 N–H and O–H groups in total. The number of benzene rings is 2. The van der Waals surface area contributed by atoms with Gasteiger partial charge in [-0.15, -0.1) is 0 Å². The van der Waals surface area contributed by atoms with Gasteiger partial charge in [-0.25, -0.2) is 4.98 Å². The number of hydrogen-bond donors (Lipinski definition) is 0. The number of aromatic nitrogens is 2. The Balaban J connectivity index is 2.17. The van der Waals surface area contributed by atoms with E-state index in [9.17, 15) is 14.9 Å². The van der Waals surface area contributed by atoms with Crippen molar-refractivity contribution in [3.8, 4) is 5.75 Å². The van der Waals surface area contributed by atoms with Crippen LogP contribution in [0, 0.1) is 15.5 Å². The third kappa shape index (κ3) is 6.29. The molecule has 1 aromatic heterocycles. The maximum absolute atomic E-state index is 13.3. The highest BCUT2D eigenvalue weighted by Crippen LogP contribution is 2.35. The number of unbranched alkanes of at least 4 members (excludes halogenated alkanes) is 1. The summed E-state index contributed by atoms with van der Waals surface area (Å²) in [7, 11) is 0. The standard InChI is InChI=1S/C24H26Br2N4O4/c1-5-6-7-21-28-19-9-8-16(25)11-18(19)23(31)29(21)27-13-15-10-17(26)12-20(30(32)33)22(15)34-14-24(2,3)4/h8-13H,5-7,14H2,1-4H3. The molecule has 180 valence electrons. The van der Waals surface area contributed by atoms with Gasteiger partial charge >= 0.3 is 5.69 Å². The van der Waals surface area contributed by atoms with Gasteiger partial charge in [-0.05, 0) is 36.1 Å². The number of nitro groups is 1. The molecule has 0 aliphatic heterocycles. The second-order valence-corrected chi connectivity index (χ2v) is 10.9. The molecule has 0 aliphatic rings. The van der Waals surface area contributed by atoms with Crippen LogP contribution in [0.5, 0.6) is 5.75 Å². The summed E-state index contributed by atoms with van der Waals surface area (Å²) < 4.78 is 8.42. The molecular formula is C24H26Br2N4O4. The predicted octanol–water partition coefficient (Wildman–Crippen LogP) is 6.48. The number of fused-ring (bicyclic) bond motifs is 1. The van der Waals surface area contributed by atoms with Gasteiger partial charge in [0.2, 0.25) is 5.75 Å². The van der Waals surface area contributed by atoms with E-state index in [1.165, 1.54) is 17.0 Å². The van der Waals surface area contributed by atoms with Crippen LogP contribution >= 0.6 is 31.9 Å². The molecule has 0 aliphatic carbocycles. The largest absolute Gasteiger partial charge is 0.486 e. The maximum Gasteiger partial charge on any atom is 0.312 e. The van der Waals surface area contributed by atoms with Gasteiger partial charge in [-0.3, -0.25) is 14.9 Å². The van der Waals surface area contributed by atoms with E-state index in [0.717, 1.165) is 17.3 Å². The van der Waals surface area contributed by atoms with Crippen molar-refractivity contribution < 1.29 is 9.66 Å². The van der Waals surface area contributed by atoms with Crippen LogP contribution in [-0.4, -0.2) is 27.4 Å². The van der Waals surface area contributed by atoms with Gasteiger partial charge in [0.1, 0.15) is 5.82 Å². The van der Waals surface area contributed by atoms with Gasteiger partial charge in [0.15, 0.2) is 0 Å². The number of rotatable bonds is 8. The lowest BCUT2D eigenvalue weighted by molar-refractivity contribution is -0.386. The Morgan fingerprint density at radius 2 is 1.94 bits per heavy atom. The zero-order valence-electron chi connectivity index (χ0n) is 19.5. The highest BCUT2D eigenvalue weighted by molar-refractivity contribution is 9.10. The van der Waals surface area contributed by atoms with Crippen molar-refractivity contribution in [2.24, 2.45) is 10.5 Å². The first-order chi connectivity index (χ1) is 16.0. The topological polar surface area (TPSA) is 99.6 Å². The molecule has 1 heterocycles. The molecule has 2 aromatic carbocycles. The molecule has 3 rings (SSSR count). The number of aryl methyl sites for hydroxylation is 1. The fraction of sp³-hybridized carbons (Fsp3) is 0.375. The van der Waals surface area contributed by atoms with Gasteiger partial charge in [0.25, 0.3) is 5.56 Å². The van der Waals surface area contributed by atoms with Gasteiger partial charge < -0.3 is 4.74 Å². The van der Waals surface area contributed by atoms with E-state index < -0.39 is 4.92 Å². The second-order valence-electron chi connectivity index (χ2n) is 9.10. The molecular weight excluding hydrogens is 568 g/mol. The minimum absolute atomic E-state index is 0.103. The molecule has 0 radical (unpaired) electrons. The summed E-state index contributed by atoms with van der Waals surface area (Å²) >= 11 is 6.73. The molecule has 0 spiro atoms. The Morgan fingerprint density at radius 1 is 1.21 bits per heavy atom. The van der Waals surface area contributed by atoms with Crippen LogP contribution in [0.1, 0.15) is 51.9 Å². The minimum atomic E-state index is -0.492. The fourth-order valence-electron chi connectivity index (χ4n) is 3.21. The van der Waals surface area contributed by atoms with Crippen LogP contribution in [0.15, 0.2) is 49.2 Å². The van der Waals surface area contributed by atoms with E-state index in [2.05, 4.69) is 48.9 Å². The lowest BCUT2D eigenvalue weighted by Crippen LogP contribution is -2.22. The molecule has 0 fully saturated rings. The van der Waals surface area contributed by atoms with E-state index in [1.54, 1.807) is 18.2 Å². The van der Waals surface area contributed by atoms with Gasteiger partial charge in [-0.2, -0.15) is 9.78 Å². The predicted molar refractivity (Wildman–Crippen MR) is 141 cm³/mol. The van der Waals surface area contributed by atoms with E-state index in [-0.39, 0.29) is 29.0 Å². The number of halogens is 2. The molecule has 0 unspecified atom stereocenters. The summed E-state index contributed by atoms with van der Waals surface area (Å²) in [6, 6.07) is 8.41. The average Bonchev–Trinajstić information content (AvgIpc) is 2.75. The SMILES string of the molecule is CCCCc1nc2ccc(Br)cc2c(=O)n1N=Cc1cc(Br)cc([N+](=O)[O-])c1OCC(C)(C)C. The number of nitrogens with zero attached hydrogens (tertiary/aromatic N) is 4. The van der Waals surface area contributed by atoms with E-state index in [0.29, 0.717) is 33.2 Å². The summed E-state index contributed by atoms with van der Waals surface area (Å²) in [6.07, 6.45) is 3.76. The maximum atomic E-state index is 13.3. The average molecular weight is 594 g/mol. The van der Waals surface area contributed by atoms with E-state index >= 15 is 0 Å². The third-order valence-corrected chi connectivity index (χ3v) is 5.80. The summed E-state index contributed by atoms with van der Waals surface area (Å²) in [6.45, 7) is 8.25. The van der Waals surface area contributed by atoms with Gasteiger partial charge in [0.05, 0.1) is 28.6 Å². The van der Waals surface area contributed by atoms with E-state index in [1.807, 2.05) is 26.8 Å². The van der Waals surface area contributed by atoms with Crippen molar-refractivity contribution in [2.75, 3.05) is 6.61 Å². The zero-order chi connectivity index (χ0) is 25.0. The van der Waals surface area contributed by atoms with E-state index in [4.69, 9.17) is 4.74 Å². The lowest BCUT2D eigenvalue weighted by Gasteiger charge is -2.19. The first kappa shape index (κ1) is 26.0. The van der Waals surface area contributed by atoms with Crippen molar-refractivity contribution >= 4 is 54.7 Å². The molecule has 0 saturated carbocycles. The Morgan fingerprint density at radius 3 is 2.59 bits per heavy atom.